The number of unbranched alkanes of at least 4 members (excludes halogenated alkanes) is 6. The zero-order valence-electron chi connectivity index (χ0n) is 17.5. The zero-order valence-corrected chi connectivity index (χ0v) is 17.5. The van der Waals surface area contributed by atoms with Crippen LogP contribution < -0.4 is 4.74 Å². The van der Waals surface area contributed by atoms with Crippen LogP contribution in [0.2, 0.25) is 0 Å². The lowest BCUT2D eigenvalue weighted by molar-refractivity contribution is 0.304. The molecule has 0 radical (unpaired) electrons. The molecule has 0 fully saturated rings. The van der Waals surface area contributed by atoms with Crippen LogP contribution in [0.4, 0.5) is 0 Å². The number of hydrogen-bond donors (Lipinski definition) is 0. The van der Waals surface area contributed by atoms with Crippen molar-refractivity contribution >= 4 is 10.9 Å². The summed E-state index contributed by atoms with van der Waals surface area (Å²) >= 11 is 0. The molecule has 1 aromatic heterocycles. The van der Waals surface area contributed by atoms with Crippen LogP contribution in [-0.4, -0.2) is 16.4 Å². The normalized spacial score (nSPS) is 11.2. The maximum Gasteiger partial charge on any atom is 0.120 e. The highest BCUT2D eigenvalue weighted by Gasteiger charge is 2.05. The average Bonchev–Trinajstić information content (AvgIpc) is 3.14. The molecule has 3 aromatic rings. The van der Waals surface area contributed by atoms with Gasteiger partial charge in [0.2, 0.25) is 0 Å². The third kappa shape index (κ3) is 5.85. The van der Waals surface area contributed by atoms with Gasteiger partial charge in [-0.05, 0) is 48.7 Å². The summed E-state index contributed by atoms with van der Waals surface area (Å²) in [5.74, 6) is 0.941. The minimum Gasteiger partial charge on any atom is -0.494 e. The molecule has 3 rings (SSSR count). The van der Waals surface area contributed by atoms with E-state index in [1.54, 1.807) is 0 Å². The molecule has 0 spiro atoms. The van der Waals surface area contributed by atoms with Crippen molar-refractivity contribution in [2.24, 2.45) is 0 Å². The van der Waals surface area contributed by atoms with Gasteiger partial charge in [0, 0.05) is 11.6 Å². The van der Waals surface area contributed by atoms with Crippen LogP contribution in [0.25, 0.3) is 16.6 Å². The smallest absolute Gasteiger partial charge is 0.120 e. The summed E-state index contributed by atoms with van der Waals surface area (Å²) in [5, 5.41) is 5.83. The van der Waals surface area contributed by atoms with Crippen molar-refractivity contribution in [3.05, 3.63) is 54.2 Å². The standard InChI is InChI=1S/C25H34N2O/c1-3-5-6-7-8-9-10-18-28-24-16-17-25-22(19-24)20-27(26-25)23-14-12-21(11-4-2)13-15-23/h12-17,19-20H,3-11,18H2,1-2H3. The van der Waals surface area contributed by atoms with Gasteiger partial charge in [-0.2, -0.15) is 5.10 Å². The summed E-state index contributed by atoms with van der Waals surface area (Å²) in [5.41, 5.74) is 3.48. The van der Waals surface area contributed by atoms with Crippen LogP contribution in [-0.2, 0) is 6.42 Å². The molecule has 0 aliphatic carbocycles. The molecule has 0 aliphatic heterocycles. The van der Waals surface area contributed by atoms with Crippen LogP contribution in [0, 0.1) is 0 Å². The monoisotopic (exact) mass is 378 g/mol. The van der Waals surface area contributed by atoms with Gasteiger partial charge in [0.25, 0.3) is 0 Å². The lowest BCUT2D eigenvalue weighted by Gasteiger charge is -2.06. The third-order valence-corrected chi connectivity index (χ3v) is 5.23. The van der Waals surface area contributed by atoms with Crippen molar-refractivity contribution in [2.75, 3.05) is 6.61 Å². The number of aryl methyl sites for hydroxylation is 1. The van der Waals surface area contributed by atoms with Crippen molar-refractivity contribution in [1.82, 2.24) is 9.78 Å². The Balaban J connectivity index is 1.52. The first kappa shape index (κ1) is 20.4. The molecule has 0 saturated carbocycles. The van der Waals surface area contributed by atoms with Crippen molar-refractivity contribution in [1.29, 1.82) is 0 Å². The minimum atomic E-state index is 0.798. The van der Waals surface area contributed by atoms with E-state index in [0.717, 1.165) is 41.8 Å². The van der Waals surface area contributed by atoms with Crippen molar-refractivity contribution in [2.45, 2.75) is 71.6 Å². The van der Waals surface area contributed by atoms with Gasteiger partial charge in [0.05, 0.1) is 17.8 Å². The largest absolute Gasteiger partial charge is 0.494 e. The Bertz CT molecular complexity index is 835. The molecule has 1 heterocycles. The van der Waals surface area contributed by atoms with E-state index < -0.39 is 0 Å². The van der Waals surface area contributed by atoms with E-state index in [-0.39, 0.29) is 0 Å². The summed E-state index contributed by atoms with van der Waals surface area (Å²) in [6.07, 6.45) is 13.5. The van der Waals surface area contributed by atoms with Gasteiger partial charge >= 0.3 is 0 Å². The van der Waals surface area contributed by atoms with Crippen LogP contribution in [0.15, 0.2) is 48.7 Å². The fourth-order valence-electron chi connectivity index (χ4n) is 3.58. The molecular weight excluding hydrogens is 344 g/mol. The van der Waals surface area contributed by atoms with E-state index >= 15 is 0 Å². The van der Waals surface area contributed by atoms with Gasteiger partial charge in [-0.1, -0.05) is 70.9 Å². The lowest BCUT2D eigenvalue weighted by atomic mass is 10.1. The van der Waals surface area contributed by atoms with Crippen LogP contribution in [0.5, 0.6) is 5.75 Å². The van der Waals surface area contributed by atoms with E-state index in [4.69, 9.17) is 9.84 Å². The van der Waals surface area contributed by atoms with Gasteiger partial charge in [0.1, 0.15) is 5.75 Å². The summed E-state index contributed by atoms with van der Waals surface area (Å²) in [6.45, 7) is 5.27. The molecule has 0 bridgehead atoms. The zero-order chi connectivity index (χ0) is 19.6. The molecule has 0 amide bonds. The topological polar surface area (TPSA) is 27.1 Å². The fraction of sp³-hybridized carbons (Fsp3) is 0.480. The van der Waals surface area contributed by atoms with Crippen LogP contribution in [0.1, 0.15) is 70.8 Å². The maximum atomic E-state index is 5.96. The maximum absolute atomic E-state index is 5.96. The Morgan fingerprint density at radius 3 is 2.32 bits per heavy atom. The first-order valence-electron chi connectivity index (χ1n) is 11.0. The molecular formula is C25H34N2O. The molecule has 2 aromatic carbocycles. The van der Waals surface area contributed by atoms with Crippen LogP contribution >= 0.6 is 0 Å². The van der Waals surface area contributed by atoms with E-state index in [0.29, 0.717) is 0 Å². The van der Waals surface area contributed by atoms with Crippen LogP contribution in [0.3, 0.4) is 0 Å². The Kier molecular flexibility index (Phi) is 7.95. The van der Waals surface area contributed by atoms with E-state index in [1.165, 1.54) is 50.5 Å². The van der Waals surface area contributed by atoms with Crippen molar-refractivity contribution in [3.8, 4) is 11.4 Å². The average molecular weight is 379 g/mol. The third-order valence-electron chi connectivity index (χ3n) is 5.23. The second kappa shape index (κ2) is 10.9. The van der Waals surface area contributed by atoms with Gasteiger partial charge in [-0.15, -0.1) is 0 Å². The van der Waals surface area contributed by atoms with E-state index in [1.807, 2.05) is 10.7 Å². The van der Waals surface area contributed by atoms with Gasteiger partial charge in [0.15, 0.2) is 0 Å². The molecule has 150 valence electrons. The highest BCUT2D eigenvalue weighted by atomic mass is 16.5. The second-order valence-electron chi connectivity index (χ2n) is 7.68. The highest BCUT2D eigenvalue weighted by Crippen LogP contribution is 2.22. The van der Waals surface area contributed by atoms with Gasteiger partial charge < -0.3 is 4.74 Å². The van der Waals surface area contributed by atoms with E-state index in [9.17, 15) is 0 Å². The summed E-state index contributed by atoms with van der Waals surface area (Å²) in [4.78, 5) is 0. The highest BCUT2D eigenvalue weighted by molar-refractivity contribution is 5.80. The molecule has 3 heteroatoms. The van der Waals surface area contributed by atoms with Gasteiger partial charge in [-0.25, -0.2) is 4.68 Å². The number of hydrogen-bond acceptors (Lipinski definition) is 2. The lowest BCUT2D eigenvalue weighted by Crippen LogP contribution is -1.97. The molecule has 0 aliphatic rings. The number of nitrogens with zero attached hydrogens (tertiary/aromatic N) is 2. The Labute approximate surface area is 169 Å². The quantitative estimate of drug-likeness (QED) is 0.314. The second-order valence-corrected chi connectivity index (χ2v) is 7.68. The number of benzene rings is 2. The summed E-state index contributed by atoms with van der Waals surface area (Å²) in [7, 11) is 0. The number of ether oxygens (including phenoxy) is 1. The molecule has 0 unspecified atom stereocenters. The molecule has 0 N–H and O–H groups in total. The predicted molar refractivity (Wildman–Crippen MR) is 119 cm³/mol. The predicted octanol–water partition coefficient (Wildman–Crippen LogP) is 7.11. The Morgan fingerprint density at radius 2 is 1.57 bits per heavy atom. The molecule has 28 heavy (non-hydrogen) atoms. The molecule has 0 saturated heterocycles. The Hall–Kier alpha value is -2.29. The summed E-state index contributed by atoms with van der Waals surface area (Å²) in [6, 6.07) is 14.9. The number of aromatic nitrogens is 2. The first-order valence-corrected chi connectivity index (χ1v) is 11.0. The molecule has 3 nitrogen and oxygen atoms in total. The number of rotatable bonds is 12. The summed E-state index contributed by atoms with van der Waals surface area (Å²) < 4.78 is 7.92. The fourth-order valence-corrected chi connectivity index (χ4v) is 3.58. The van der Waals surface area contributed by atoms with Crippen molar-refractivity contribution < 1.29 is 4.74 Å². The van der Waals surface area contributed by atoms with E-state index in [2.05, 4.69) is 56.4 Å². The minimum absolute atomic E-state index is 0.798. The Morgan fingerprint density at radius 1 is 0.821 bits per heavy atom. The SMILES string of the molecule is CCCCCCCCCOc1ccc2nn(-c3ccc(CCC)cc3)cc2c1. The first-order chi connectivity index (χ1) is 13.8. The number of fused-ring (bicyclic) bond motifs is 1. The van der Waals surface area contributed by atoms with Gasteiger partial charge in [-0.3, -0.25) is 0 Å². The molecule has 0 atom stereocenters. The van der Waals surface area contributed by atoms with Crippen molar-refractivity contribution in [3.63, 3.8) is 0 Å².